The van der Waals surface area contributed by atoms with Crippen LogP contribution in [0.25, 0.3) is 0 Å². The van der Waals surface area contributed by atoms with E-state index in [9.17, 15) is 24.3 Å². The number of nitrogens with one attached hydrogen (secondary N) is 1. The molecule has 0 aromatic rings. The number of hydrogen-bond acceptors (Lipinski definition) is 10. The van der Waals surface area contributed by atoms with Crippen molar-refractivity contribution >= 4 is 48.0 Å². The molecule has 10 nitrogen and oxygen atoms in total. The number of ether oxygens (including phenoxy) is 3. The number of methoxy groups -OCH3 is 1. The minimum Gasteiger partial charge on any atom is -0.467 e. The zero-order chi connectivity index (χ0) is 39.2. The SMILES string of the molecule is CCCCCCCCCCCCCCCC(=O)OC[C@@H](CSC[C@H](N)C(=O)N[C@@H](CO)C(=O)OC)OC(=O)CCCCCCCCCCCCCCC.Cl. The molecule has 3 atom stereocenters. The van der Waals surface area contributed by atoms with Gasteiger partial charge < -0.3 is 30.4 Å². The van der Waals surface area contributed by atoms with E-state index in [1.807, 2.05) is 0 Å². The second-order valence-corrected chi connectivity index (χ2v) is 15.8. The second kappa shape index (κ2) is 41.1. The van der Waals surface area contributed by atoms with Crippen LogP contribution in [-0.2, 0) is 33.4 Å². The van der Waals surface area contributed by atoms with Gasteiger partial charge in [0.05, 0.1) is 19.8 Å². The van der Waals surface area contributed by atoms with Gasteiger partial charge in [-0.25, -0.2) is 4.79 Å². The van der Waals surface area contributed by atoms with Crippen LogP contribution in [0.5, 0.6) is 0 Å². The fourth-order valence-electron chi connectivity index (χ4n) is 6.20. The van der Waals surface area contributed by atoms with E-state index in [1.54, 1.807) is 0 Å². The van der Waals surface area contributed by atoms with Crippen LogP contribution in [0.2, 0.25) is 0 Å². The molecule has 0 saturated heterocycles. The number of hydrogen-bond donors (Lipinski definition) is 3. The molecule has 0 heterocycles. The highest BCUT2D eigenvalue weighted by atomic mass is 35.5. The summed E-state index contributed by atoms with van der Waals surface area (Å²) in [5, 5.41) is 11.8. The normalized spacial score (nSPS) is 12.7. The number of nitrogens with two attached hydrogens (primary N) is 1. The third-order valence-corrected chi connectivity index (χ3v) is 10.8. The molecule has 0 aliphatic rings. The van der Waals surface area contributed by atoms with Crippen LogP contribution in [0.1, 0.15) is 194 Å². The third kappa shape index (κ3) is 34.9. The van der Waals surface area contributed by atoms with E-state index in [0.29, 0.717) is 12.8 Å². The first-order chi connectivity index (χ1) is 25.8. The van der Waals surface area contributed by atoms with Gasteiger partial charge in [-0.05, 0) is 12.8 Å². The zero-order valence-electron chi connectivity index (χ0n) is 34.6. The molecule has 1 amide bonds. The van der Waals surface area contributed by atoms with Gasteiger partial charge >= 0.3 is 17.9 Å². The quantitative estimate of drug-likeness (QED) is 0.0311. The smallest absolute Gasteiger partial charge is 0.330 e. The summed E-state index contributed by atoms with van der Waals surface area (Å²) in [4.78, 5) is 49.4. The number of carbonyl (C=O) groups is 4. The molecule has 12 heteroatoms. The molecule has 0 bridgehead atoms. The Kier molecular flexibility index (Phi) is 41.5. The van der Waals surface area contributed by atoms with Crippen molar-refractivity contribution in [1.29, 1.82) is 0 Å². The van der Waals surface area contributed by atoms with Crippen LogP contribution in [0.4, 0.5) is 0 Å². The average Bonchev–Trinajstić information content (AvgIpc) is 3.15. The monoisotopic (exact) mass is 809 g/mol. The van der Waals surface area contributed by atoms with E-state index in [0.717, 1.165) is 38.5 Å². The fraction of sp³-hybridized carbons (Fsp3) is 0.905. The summed E-state index contributed by atoms with van der Waals surface area (Å²) in [6, 6.07) is -2.17. The number of thioether (sulfide) groups is 1. The number of aliphatic hydroxyl groups excluding tert-OH is 1. The van der Waals surface area contributed by atoms with Crippen molar-refractivity contribution in [2.75, 3.05) is 31.8 Å². The zero-order valence-corrected chi connectivity index (χ0v) is 36.2. The highest BCUT2D eigenvalue weighted by Gasteiger charge is 2.24. The van der Waals surface area contributed by atoms with E-state index in [-0.39, 0.29) is 42.5 Å². The van der Waals surface area contributed by atoms with Crippen LogP contribution in [0.3, 0.4) is 0 Å². The summed E-state index contributed by atoms with van der Waals surface area (Å²) in [5.41, 5.74) is 6.01. The van der Waals surface area contributed by atoms with Crippen LogP contribution in [0.15, 0.2) is 0 Å². The van der Waals surface area contributed by atoms with Crippen LogP contribution < -0.4 is 11.1 Å². The molecular formula is C42H81ClN2O8S. The van der Waals surface area contributed by atoms with Gasteiger partial charge in [-0.15, -0.1) is 12.4 Å². The lowest BCUT2D eigenvalue weighted by atomic mass is 10.0. The summed E-state index contributed by atoms with van der Waals surface area (Å²) in [6.07, 6.45) is 31.9. The number of aliphatic hydroxyl groups is 1. The molecule has 0 radical (unpaired) electrons. The van der Waals surface area contributed by atoms with Gasteiger partial charge in [0.1, 0.15) is 12.7 Å². The molecule has 0 aromatic heterocycles. The standard InChI is InChI=1S/C42H80N2O8S.ClH/c1-4-6-8-10-12-14-16-18-20-22-24-26-28-30-39(46)51-33-36(34-53-35-37(43)41(48)44-38(32-45)42(49)50-3)52-40(47)31-29-27-25-23-21-19-17-15-13-11-9-7-5-2;/h36-38,45H,4-35,43H2,1-3H3,(H,44,48);1H/t36-,37-,38-;/m0./s1. The average molecular weight is 810 g/mol. The molecule has 54 heavy (non-hydrogen) atoms. The molecule has 0 aliphatic heterocycles. The number of rotatable bonds is 39. The minimum absolute atomic E-state index is 0. The Labute approximate surface area is 340 Å². The molecule has 0 fully saturated rings. The molecule has 0 saturated carbocycles. The third-order valence-electron chi connectivity index (χ3n) is 9.62. The molecule has 0 aromatic carbocycles. The van der Waals surface area contributed by atoms with Crippen molar-refractivity contribution in [1.82, 2.24) is 5.32 Å². The van der Waals surface area contributed by atoms with Gasteiger partial charge in [0.25, 0.3) is 0 Å². The number of amides is 1. The Bertz CT molecular complexity index is 900. The number of carbonyl (C=O) groups excluding carboxylic acids is 4. The van der Waals surface area contributed by atoms with Gasteiger partial charge in [0.15, 0.2) is 6.04 Å². The molecular weight excluding hydrogens is 728 g/mol. The Morgan fingerprint density at radius 1 is 0.611 bits per heavy atom. The lowest BCUT2D eigenvalue weighted by molar-refractivity contribution is -0.157. The lowest BCUT2D eigenvalue weighted by Crippen LogP contribution is -2.51. The fourth-order valence-corrected chi connectivity index (χ4v) is 7.16. The topological polar surface area (TPSA) is 154 Å². The van der Waals surface area contributed by atoms with E-state index in [1.165, 1.54) is 147 Å². The van der Waals surface area contributed by atoms with E-state index >= 15 is 0 Å². The van der Waals surface area contributed by atoms with Gasteiger partial charge in [0.2, 0.25) is 5.91 Å². The maximum atomic E-state index is 12.7. The van der Waals surface area contributed by atoms with E-state index < -0.39 is 36.7 Å². The van der Waals surface area contributed by atoms with Crippen LogP contribution >= 0.6 is 24.2 Å². The first-order valence-corrected chi connectivity index (χ1v) is 22.6. The van der Waals surface area contributed by atoms with Crippen molar-refractivity contribution in [2.24, 2.45) is 5.73 Å². The Balaban J connectivity index is 0. The van der Waals surface area contributed by atoms with E-state index in [2.05, 4.69) is 23.9 Å². The van der Waals surface area contributed by atoms with Crippen molar-refractivity contribution < 1.29 is 38.5 Å². The molecule has 0 aliphatic carbocycles. The maximum Gasteiger partial charge on any atom is 0.330 e. The number of unbranched alkanes of at least 4 members (excludes halogenated alkanes) is 24. The van der Waals surface area contributed by atoms with Crippen LogP contribution in [0, 0.1) is 0 Å². The van der Waals surface area contributed by atoms with Crippen molar-refractivity contribution in [3.63, 3.8) is 0 Å². The van der Waals surface area contributed by atoms with Crippen molar-refractivity contribution in [3.8, 4) is 0 Å². The number of halogens is 1. The maximum absolute atomic E-state index is 12.7. The van der Waals surface area contributed by atoms with Crippen molar-refractivity contribution in [3.05, 3.63) is 0 Å². The summed E-state index contributed by atoms with van der Waals surface area (Å²) in [6.45, 7) is 3.84. The molecule has 0 spiro atoms. The Hall–Kier alpha value is -1.56. The molecule has 0 unspecified atom stereocenters. The van der Waals surface area contributed by atoms with Gasteiger partial charge in [0, 0.05) is 24.3 Å². The summed E-state index contributed by atoms with van der Waals surface area (Å²) in [5.74, 6) is -1.54. The number of esters is 3. The van der Waals surface area contributed by atoms with Gasteiger partial charge in [-0.3, -0.25) is 14.4 Å². The summed E-state index contributed by atoms with van der Waals surface area (Å²) < 4.78 is 15.8. The summed E-state index contributed by atoms with van der Waals surface area (Å²) in [7, 11) is 1.17. The highest BCUT2D eigenvalue weighted by Crippen LogP contribution is 2.16. The van der Waals surface area contributed by atoms with Crippen LogP contribution in [-0.4, -0.2) is 78.9 Å². The first-order valence-electron chi connectivity index (χ1n) is 21.5. The summed E-state index contributed by atoms with van der Waals surface area (Å²) >= 11 is 1.29. The Morgan fingerprint density at radius 2 is 1.00 bits per heavy atom. The van der Waals surface area contributed by atoms with Gasteiger partial charge in [-0.2, -0.15) is 11.8 Å². The van der Waals surface area contributed by atoms with Gasteiger partial charge in [-0.1, -0.05) is 168 Å². The second-order valence-electron chi connectivity index (χ2n) is 14.7. The molecule has 4 N–H and O–H groups in total. The largest absolute Gasteiger partial charge is 0.467 e. The predicted molar refractivity (Wildman–Crippen MR) is 225 cm³/mol. The minimum atomic E-state index is -1.20. The highest BCUT2D eigenvalue weighted by molar-refractivity contribution is 7.99. The first kappa shape index (κ1) is 54.5. The molecule has 0 rings (SSSR count). The Morgan fingerprint density at radius 3 is 1.39 bits per heavy atom. The molecule has 320 valence electrons. The van der Waals surface area contributed by atoms with E-state index in [4.69, 9.17) is 15.2 Å². The predicted octanol–water partition coefficient (Wildman–Crippen LogP) is 9.54. The lowest BCUT2D eigenvalue weighted by Gasteiger charge is -2.20. The van der Waals surface area contributed by atoms with Crippen molar-refractivity contribution in [2.45, 2.75) is 212 Å².